The lowest BCUT2D eigenvalue weighted by atomic mass is 10.00. The third-order valence-corrected chi connectivity index (χ3v) is 4.09. The minimum absolute atomic E-state index is 0.692. The standard InChI is InChI=1S/C11H12BrN/c1-13-6-7-5-10(13)8-3-2-4-9(12)11(7)8/h2-4,7,10H,5-6H2,1H3. The summed E-state index contributed by atoms with van der Waals surface area (Å²) in [6, 6.07) is 7.29. The zero-order chi connectivity index (χ0) is 9.00. The van der Waals surface area contributed by atoms with Crippen molar-refractivity contribution in [3.8, 4) is 0 Å². The normalized spacial score (nSPS) is 30.9. The molecule has 2 unspecified atom stereocenters. The zero-order valence-electron chi connectivity index (χ0n) is 7.63. The maximum Gasteiger partial charge on any atom is 0.0354 e. The molecule has 2 heteroatoms. The van der Waals surface area contributed by atoms with E-state index in [0.717, 1.165) is 5.92 Å². The molecule has 1 nitrogen and oxygen atoms in total. The first-order valence-corrected chi connectivity index (χ1v) is 5.55. The lowest BCUT2D eigenvalue weighted by Crippen LogP contribution is -2.22. The molecule has 2 aliphatic rings. The van der Waals surface area contributed by atoms with Crippen molar-refractivity contribution in [2.75, 3.05) is 13.6 Å². The Kier molecular flexibility index (Phi) is 1.59. The van der Waals surface area contributed by atoms with Gasteiger partial charge >= 0.3 is 0 Å². The number of halogens is 1. The van der Waals surface area contributed by atoms with Gasteiger partial charge in [0.1, 0.15) is 0 Å². The number of rotatable bonds is 0. The average molecular weight is 238 g/mol. The van der Waals surface area contributed by atoms with Gasteiger partial charge in [-0.05, 0) is 36.6 Å². The molecule has 0 aromatic heterocycles. The Morgan fingerprint density at radius 1 is 1.46 bits per heavy atom. The second-order valence-electron chi connectivity index (χ2n) is 4.13. The van der Waals surface area contributed by atoms with E-state index in [0.29, 0.717) is 6.04 Å². The van der Waals surface area contributed by atoms with Gasteiger partial charge in [0, 0.05) is 17.1 Å². The van der Waals surface area contributed by atoms with Gasteiger partial charge in [0.15, 0.2) is 0 Å². The molecule has 1 heterocycles. The Hall–Kier alpha value is -0.340. The van der Waals surface area contributed by atoms with Gasteiger partial charge in [-0.25, -0.2) is 0 Å². The Morgan fingerprint density at radius 2 is 2.31 bits per heavy atom. The summed E-state index contributed by atoms with van der Waals surface area (Å²) >= 11 is 3.65. The van der Waals surface area contributed by atoms with E-state index in [2.05, 4.69) is 46.1 Å². The first-order valence-electron chi connectivity index (χ1n) is 4.76. The Balaban J connectivity index is 2.21. The summed E-state index contributed by atoms with van der Waals surface area (Å²) < 4.78 is 1.31. The molecule has 13 heavy (non-hydrogen) atoms. The van der Waals surface area contributed by atoms with E-state index in [9.17, 15) is 0 Å². The molecule has 3 rings (SSSR count). The van der Waals surface area contributed by atoms with Gasteiger partial charge in [0.25, 0.3) is 0 Å². The molecule has 1 aliphatic carbocycles. The van der Waals surface area contributed by atoms with Crippen LogP contribution in [-0.4, -0.2) is 18.5 Å². The monoisotopic (exact) mass is 237 g/mol. The van der Waals surface area contributed by atoms with Gasteiger partial charge in [-0.1, -0.05) is 28.1 Å². The van der Waals surface area contributed by atoms with Crippen LogP contribution in [-0.2, 0) is 0 Å². The van der Waals surface area contributed by atoms with Gasteiger partial charge < -0.3 is 0 Å². The van der Waals surface area contributed by atoms with Gasteiger partial charge in [-0.3, -0.25) is 4.90 Å². The lowest BCUT2D eigenvalue weighted by molar-refractivity contribution is 0.307. The fourth-order valence-corrected chi connectivity index (χ4v) is 3.55. The van der Waals surface area contributed by atoms with Crippen molar-refractivity contribution in [3.63, 3.8) is 0 Å². The fourth-order valence-electron chi connectivity index (χ4n) is 2.85. The molecule has 1 saturated heterocycles. The summed E-state index contributed by atoms with van der Waals surface area (Å²) in [7, 11) is 2.23. The highest BCUT2D eigenvalue weighted by atomic mass is 79.9. The molecular formula is C11H12BrN. The van der Waals surface area contributed by atoms with Crippen molar-refractivity contribution in [2.45, 2.75) is 18.4 Å². The molecule has 0 amide bonds. The molecule has 0 spiro atoms. The van der Waals surface area contributed by atoms with E-state index in [4.69, 9.17) is 0 Å². The molecule has 68 valence electrons. The molecule has 2 bridgehead atoms. The molecule has 1 aromatic rings. The molecule has 1 aliphatic heterocycles. The maximum atomic E-state index is 3.65. The second kappa shape index (κ2) is 2.58. The van der Waals surface area contributed by atoms with Gasteiger partial charge in [0.2, 0.25) is 0 Å². The first kappa shape index (κ1) is 8.01. The summed E-state index contributed by atoms with van der Waals surface area (Å²) in [5, 5.41) is 0. The molecule has 0 N–H and O–H groups in total. The van der Waals surface area contributed by atoms with Gasteiger partial charge in [0.05, 0.1) is 0 Å². The molecule has 0 saturated carbocycles. The summed E-state index contributed by atoms with van der Waals surface area (Å²) in [6.07, 6.45) is 1.33. The number of hydrogen-bond donors (Lipinski definition) is 0. The molecular weight excluding hydrogens is 226 g/mol. The SMILES string of the molecule is CN1CC2CC1c1cccc(Br)c12. The summed E-state index contributed by atoms with van der Waals surface area (Å²) in [4.78, 5) is 2.47. The number of nitrogens with zero attached hydrogens (tertiary/aromatic N) is 1. The van der Waals surface area contributed by atoms with Gasteiger partial charge in [-0.2, -0.15) is 0 Å². The van der Waals surface area contributed by atoms with Crippen molar-refractivity contribution in [1.82, 2.24) is 4.90 Å². The Labute approximate surface area is 86.9 Å². The van der Waals surface area contributed by atoms with Crippen LogP contribution in [0.5, 0.6) is 0 Å². The number of likely N-dealkylation sites (N-methyl/N-ethyl adjacent to an activating group) is 1. The topological polar surface area (TPSA) is 3.24 Å². The first-order chi connectivity index (χ1) is 6.27. The van der Waals surface area contributed by atoms with Crippen molar-refractivity contribution < 1.29 is 0 Å². The molecule has 2 atom stereocenters. The highest BCUT2D eigenvalue weighted by molar-refractivity contribution is 9.10. The minimum Gasteiger partial charge on any atom is -0.299 e. The summed E-state index contributed by atoms with van der Waals surface area (Å²) in [6.45, 7) is 1.24. The van der Waals surface area contributed by atoms with E-state index in [1.165, 1.54) is 17.4 Å². The van der Waals surface area contributed by atoms with Crippen LogP contribution in [0.25, 0.3) is 0 Å². The van der Waals surface area contributed by atoms with Crippen molar-refractivity contribution in [2.24, 2.45) is 0 Å². The van der Waals surface area contributed by atoms with Crippen LogP contribution in [0.4, 0.5) is 0 Å². The largest absolute Gasteiger partial charge is 0.299 e. The Bertz CT molecular complexity index is 361. The molecule has 1 fully saturated rings. The van der Waals surface area contributed by atoms with Gasteiger partial charge in [-0.15, -0.1) is 0 Å². The Morgan fingerprint density at radius 3 is 3.15 bits per heavy atom. The summed E-state index contributed by atoms with van der Waals surface area (Å²) in [5.74, 6) is 0.778. The third-order valence-electron chi connectivity index (χ3n) is 3.40. The van der Waals surface area contributed by atoms with Crippen LogP contribution in [0.15, 0.2) is 22.7 Å². The number of fused-ring (bicyclic) bond motifs is 5. The lowest BCUT2D eigenvalue weighted by Gasteiger charge is -2.25. The highest BCUT2D eigenvalue weighted by Crippen LogP contribution is 2.51. The molecule has 1 aromatic carbocycles. The minimum atomic E-state index is 0.692. The quantitative estimate of drug-likeness (QED) is 0.671. The number of benzene rings is 1. The average Bonchev–Trinajstić information content (AvgIpc) is 2.61. The second-order valence-corrected chi connectivity index (χ2v) is 4.99. The zero-order valence-corrected chi connectivity index (χ0v) is 9.21. The smallest absolute Gasteiger partial charge is 0.0354 e. The summed E-state index contributed by atoms with van der Waals surface area (Å²) in [5.41, 5.74) is 3.12. The van der Waals surface area contributed by atoms with E-state index in [-0.39, 0.29) is 0 Å². The maximum absolute atomic E-state index is 3.65. The van der Waals surface area contributed by atoms with Crippen molar-refractivity contribution in [1.29, 1.82) is 0 Å². The van der Waals surface area contributed by atoms with Crippen LogP contribution >= 0.6 is 15.9 Å². The predicted octanol–water partition coefficient (Wildman–Crippen LogP) is 2.92. The van der Waals surface area contributed by atoms with E-state index < -0.39 is 0 Å². The highest BCUT2D eigenvalue weighted by Gasteiger charge is 2.41. The predicted molar refractivity (Wildman–Crippen MR) is 56.9 cm³/mol. The van der Waals surface area contributed by atoms with E-state index >= 15 is 0 Å². The van der Waals surface area contributed by atoms with E-state index in [1.807, 2.05) is 0 Å². The van der Waals surface area contributed by atoms with E-state index in [1.54, 1.807) is 11.1 Å². The number of hydrogen-bond acceptors (Lipinski definition) is 1. The van der Waals surface area contributed by atoms with Crippen LogP contribution in [0, 0.1) is 0 Å². The van der Waals surface area contributed by atoms with Crippen LogP contribution in [0.1, 0.15) is 29.5 Å². The molecule has 0 radical (unpaired) electrons. The van der Waals surface area contributed by atoms with Crippen LogP contribution < -0.4 is 0 Å². The van der Waals surface area contributed by atoms with Crippen molar-refractivity contribution in [3.05, 3.63) is 33.8 Å². The number of likely N-dealkylation sites (tertiary alicyclic amines) is 1. The van der Waals surface area contributed by atoms with Crippen molar-refractivity contribution >= 4 is 15.9 Å². The van der Waals surface area contributed by atoms with Crippen LogP contribution in [0.2, 0.25) is 0 Å². The third kappa shape index (κ3) is 0.960. The van der Waals surface area contributed by atoms with Crippen LogP contribution in [0.3, 0.4) is 0 Å². The fraction of sp³-hybridized carbons (Fsp3) is 0.455.